The summed E-state index contributed by atoms with van der Waals surface area (Å²) in [7, 11) is 0. The molecule has 0 aromatic rings. The van der Waals surface area contributed by atoms with E-state index in [9.17, 15) is 9.59 Å². The second-order valence-electron chi connectivity index (χ2n) is 7.13. The molecule has 2 rings (SSSR count). The minimum atomic E-state index is -0.848. The Kier molecular flexibility index (Phi) is 4.17. The number of nitrogens with two attached hydrogens (primary N) is 1. The summed E-state index contributed by atoms with van der Waals surface area (Å²) in [5.74, 6) is -0.848. The highest BCUT2D eigenvalue weighted by Crippen LogP contribution is 2.34. The van der Waals surface area contributed by atoms with Crippen molar-refractivity contribution >= 4 is 12.1 Å². The molecule has 0 aliphatic carbocycles. The lowest BCUT2D eigenvalue weighted by molar-refractivity contribution is -0.145. The van der Waals surface area contributed by atoms with Crippen LogP contribution in [0.3, 0.4) is 0 Å². The molecule has 0 saturated carbocycles. The third-order valence-electron chi connectivity index (χ3n) is 4.00. The molecule has 2 aliphatic rings. The molecule has 1 unspecified atom stereocenters. The highest BCUT2D eigenvalue weighted by molar-refractivity contribution is 5.73. The summed E-state index contributed by atoms with van der Waals surface area (Å²) in [6.07, 6.45) is 0.513. The standard InChI is InChI=1S/C14H25N3O4/c1-13(2,3)21-12(20)16-8-14(9-16,6-11(18)19)17-5-4-10(15)7-17/h10H,4-9,15H2,1-3H3,(H,18,19). The summed E-state index contributed by atoms with van der Waals surface area (Å²) >= 11 is 0. The summed E-state index contributed by atoms with van der Waals surface area (Å²) in [4.78, 5) is 26.9. The van der Waals surface area contributed by atoms with Crippen molar-refractivity contribution in [1.29, 1.82) is 0 Å². The van der Waals surface area contributed by atoms with E-state index in [-0.39, 0.29) is 18.6 Å². The van der Waals surface area contributed by atoms with E-state index in [0.29, 0.717) is 19.6 Å². The fourth-order valence-corrected chi connectivity index (χ4v) is 3.04. The van der Waals surface area contributed by atoms with Crippen molar-refractivity contribution < 1.29 is 19.4 Å². The van der Waals surface area contributed by atoms with Crippen LogP contribution in [0.1, 0.15) is 33.6 Å². The van der Waals surface area contributed by atoms with E-state index >= 15 is 0 Å². The fourth-order valence-electron chi connectivity index (χ4n) is 3.04. The number of ether oxygens (including phenoxy) is 1. The molecule has 0 spiro atoms. The number of carboxylic acid groups (broad SMARTS) is 1. The normalized spacial score (nSPS) is 25.5. The monoisotopic (exact) mass is 299 g/mol. The van der Waals surface area contributed by atoms with Gasteiger partial charge in [-0.2, -0.15) is 0 Å². The van der Waals surface area contributed by atoms with Crippen molar-refractivity contribution in [2.45, 2.75) is 50.8 Å². The van der Waals surface area contributed by atoms with Gasteiger partial charge in [-0.3, -0.25) is 9.69 Å². The zero-order valence-electron chi connectivity index (χ0n) is 13.0. The first-order valence-corrected chi connectivity index (χ1v) is 7.32. The Morgan fingerprint density at radius 2 is 2.00 bits per heavy atom. The molecule has 120 valence electrons. The highest BCUT2D eigenvalue weighted by atomic mass is 16.6. The first-order valence-electron chi connectivity index (χ1n) is 7.32. The maximum Gasteiger partial charge on any atom is 0.410 e. The van der Waals surface area contributed by atoms with Gasteiger partial charge in [0.1, 0.15) is 5.60 Å². The summed E-state index contributed by atoms with van der Waals surface area (Å²) < 4.78 is 5.32. The molecule has 0 radical (unpaired) electrons. The molecular weight excluding hydrogens is 274 g/mol. The molecule has 2 aliphatic heterocycles. The van der Waals surface area contributed by atoms with Crippen LogP contribution >= 0.6 is 0 Å². The van der Waals surface area contributed by atoms with E-state index in [1.54, 1.807) is 4.90 Å². The van der Waals surface area contributed by atoms with Crippen LogP contribution in [0.5, 0.6) is 0 Å². The number of aliphatic carboxylic acids is 1. The minimum absolute atomic E-state index is 0.0268. The van der Waals surface area contributed by atoms with Gasteiger partial charge in [0.2, 0.25) is 0 Å². The van der Waals surface area contributed by atoms with Gasteiger partial charge in [0.15, 0.2) is 0 Å². The molecule has 0 aromatic carbocycles. The first-order chi connectivity index (χ1) is 9.61. The Hall–Kier alpha value is -1.34. The minimum Gasteiger partial charge on any atom is -0.481 e. The molecule has 1 amide bonds. The maximum atomic E-state index is 12.0. The SMILES string of the molecule is CC(C)(C)OC(=O)N1CC(CC(=O)O)(N2CCC(N)C2)C1. The van der Waals surface area contributed by atoms with Gasteiger partial charge >= 0.3 is 12.1 Å². The molecule has 7 heteroatoms. The van der Waals surface area contributed by atoms with Crippen LogP contribution in [0.15, 0.2) is 0 Å². The van der Waals surface area contributed by atoms with Gasteiger partial charge in [0, 0.05) is 32.2 Å². The molecule has 1 atom stereocenters. The number of carbonyl (C=O) groups excluding carboxylic acids is 1. The molecule has 0 bridgehead atoms. The topological polar surface area (TPSA) is 96.1 Å². The first kappa shape index (κ1) is 16.0. The number of carboxylic acids is 1. The smallest absolute Gasteiger partial charge is 0.410 e. The lowest BCUT2D eigenvalue weighted by Gasteiger charge is -2.54. The van der Waals surface area contributed by atoms with Crippen LogP contribution in [0, 0.1) is 0 Å². The van der Waals surface area contributed by atoms with E-state index in [0.717, 1.165) is 13.0 Å². The number of hydrogen-bond donors (Lipinski definition) is 2. The van der Waals surface area contributed by atoms with Gasteiger partial charge in [-0.15, -0.1) is 0 Å². The molecule has 2 fully saturated rings. The number of hydrogen-bond acceptors (Lipinski definition) is 5. The summed E-state index contributed by atoms with van der Waals surface area (Å²) in [6, 6.07) is 0.0891. The number of rotatable bonds is 3. The lowest BCUT2D eigenvalue weighted by atomic mass is 9.84. The Morgan fingerprint density at radius 1 is 1.38 bits per heavy atom. The van der Waals surface area contributed by atoms with E-state index in [1.807, 2.05) is 20.8 Å². The Labute approximate surface area is 125 Å². The van der Waals surface area contributed by atoms with Crippen molar-refractivity contribution in [3.8, 4) is 0 Å². The van der Waals surface area contributed by atoms with Crippen LogP contribution in [0.2, 0.25) is 0 Å². The number of likely N-dealkylation sites (tertiary alicyclic amines) is 2. The molecule has 2 heterocycles. The van der Waals surface area contributed by atoms with Crippen molar-refractivity contribution in [3.05, 3.63) is 0 Å². The van der Waals surface area contributed by atoms with Crippen LogP contribution in [-0.4, -0.2) is 70.3 Å². The summed E-state index contributed by atoms with van der Waals surface area (Å²) in [6.45, 7) is 7.70. The van der Waals surface area contributed by atoms with Crippen LogP contribution < -0.4 is 5.73 Å². The lowest BCUT2D eigenvalue weighted by Crippen LogP contribution is -2.71. The van der Waals surface area contributed by atoms with Gasteiger partial charge in [0.05, 0.1) is 12.0 Å². The third kappa shape index (κ3) is 3.65. The van der Waals surface area contributed by atoms with E-state index < -0.39 is 17.1 Å². The largest absolute Gasteiger partial charge is 0.481 e. The van der Waals surface area contributed by atoms with Crippen molar-refractivity contribution in [3.63, 3.8) is 0 Å². The van der Waals surface area contributed by atoms with Gasteiger partial charge < -0.3 is 20.5 Å². The predicted octanol–water partition coefficient (Wildman–Crippen LogP) is 0.484. The van der Waals surface area contributed by atoms with Gasteiger partial charge in [-0.05, 0) is 27.2 Å². The van der Waals surface area contributed by atoms with Crippen LogP contribution in [0.4, 0.5) is 4.79 Å². The van der Waals surface area contributed by atoms with Crippen LogP contribution in [-0.2, 0) is 9.53 Å². The Morgan fingerprint density at radius 3 is 2.43 bits per heavy atom. The Bertz CT molecular complexity index is 426. The maximum absolute atomic E-state index is 12.0. The van der Waals surface area contributed by atoms with Crippen LogP contribution in [0.25, 0.3) is 0 Å². The van der Waals surface area contributed by atoms with E-state index in [2.05, 4.69) is 4.90 Å². The average Bonchev–Trinajstić information content (AvgIpc) is 2.66. The van der Waals surface area contributed by atoms with E-state index in [1.165, 1.54) is 0 Å². The molecule has 3 N–H and O–H groups in total. The molecule has 21 heavy (non-hydrogen) atoms. The predicted molar refractivity (Wildman–Crippen MR) is 77.0 cm³/mol. The molecule has 7 nitrogen and oxygen atoms in total. The third-order valence-corrected chi connectivity index (χ3v) is 4.00. The Balaban J connectivity index is 1.99. The zero-order chi connectivity index (χ0) is 15.8. The van der Waals surface area contributed by atoms with Crippen molar-refractivity contribution in [1.82, 2.24) is 9.80 Å². The average molecular weight is 299 g/mol. The number of nitrogens with zero attached hydrogens (tertiary/aromatic N) is 2. The quantitative estimate of drug-likeness (QED) is 0.787. The van der Waals surface area contributed by atoms with Gasteiger partial charge in [0.25, 0.3) is 0 Å². The molecular formula is C14H25N3O4. The van der Waals surface area contributed by atoms with Gasteiger partial charge in [-0.1, -0.05) is 0 Å². The number of carbonyl (C=O) groups is 2. The summed E-state index contributed by atoms with van der Waals surface area (Å²) in [5, 5.41) is 9.16. The molecule has 2 saturated heterocycles. The second kappa shape index (κ2) is 5.46. The number of amides is 1. The second-order valence-corrected chi connectivity index (χ2v) is 7.13. The highest BCUT2D eigenvalue weighted by Gasteiger charge is 2.52. The fraction of sp³-hybridized carbons (Fsp3) is 0.857. The van der Waals surface area contributed by atoms with Crippen molar-refractivity contribution in [2.24, 2.45) is 5.73 Å². The van der Waals surface area contributed by atoms with E-state index in [4.69, 9.17) is 15.6 Å². The summed E-state index contributed by atoms with van der Waals surface area (Å²) in [5.41, 5.74) is 4.88. The van der Waals surface area contributed by atoms with Gasteiger partial charge in [-0.25, -0.2) is 4.79 Å². The van der Waals surface area contributed by atoms with Crippen molar-refractivity contribution in [2.75, 3.05) is 26.2 Å². The molecule has 0 aromatic heterocycles. The zero-order valence-corrected chi connectivity index (χ0v) is 13.0.